The molecule has 0 unspecified atom stereocenters. The van der Waals surface area contributed by atoms with Crippen LogP contribution in [0.25, 0.3) is 95.0 Å². The van der Waals surface area contributed by atoms with E-state index in [0.717, 1.165) is 77.5 Å². The maximum Gasteiger partial charge on any atom is 0.164 e. The summed E-state index contributed by atoms with van der Waals surface area (Å²) in [5, 5.41) is 3.15. The van der Waals surface area contributed by atoms with Gasteiger partial charge in [0.15, 0.2) is 23.1 Å². The van der Waals surface area contributed by atoms with Crippen molar-refractivity contribution >= 4 is 43.9 Å². The maximum atomic E-state index is 6.59. The molecule has 50 heavy (non-hydrogen) atoms. The molecule has 0 aliphatic carbocycles. The van der Waals surface area contributed by atoms with Crippen molar-refractivity contribution in [3.05, 3.63) is 164 Å². The van der Waals surface area contributed by atoms with Crippen molar-refractivity contribution in [2.75, 3.05) is 0 Å². The molecular weight excluding hydrogens is 615 g/mol. The van der Waals surface area contributed by atoms with E-state index in [9.17, 15) is 0 Å². The molecule has 0 saturated carbocycles. The van der Waals surface area contributed by atoms with E-state index in [-0.39, 0.29) is 0 Å². The van der Waals surface area contributed by atoms with Gasteiger partial charge in [-0.2, -0.15) is 0 Å². The number of fused-ring (bicyclic) bond motifs is 7. The van der Waals surface area contributed by atoms with Crippen LogP contribution in [0.2, 0.25) is 0 Å². The predicted molar refractivity (Wildman–Crippen MR) is 201 cm³/mol. The van der Waals surface area contributed by atoms with E-state index in [0.29, 0.717) is 17.5 Å². The fourth-order valence-electron chi connectivity index (χ4n) is 6.93. The lowest BCUT2D eigenvalue weighted by atomic mass is 10.0. The fraction of sp³-hybridized carbons (Fsp3) is 0. The maximum absolute atomic E-state index is 6.59. The normalized spacial score (nSPS) is 11.6. The average Bonchev–Trinajstić information content (AvgIpc) is 3.75. The predicted octanol–water partition coefficient (Wildman–Crippen LogP) is 10.9. The molecule has 0 amide bonds. The largest absolute Gasteiger partial charge is 0.454 e. The van der Waals surface area contributed by atoms with Crippen LogP contribution in [0, 0.1) is 0 Å². The Morgan fingerprint density at radius 2 is 0.920 bits per heavy atom. The van der Waals surface area contributed by atoms with E-state index >= 15 is 0 Å². The van der Waals surface area contributed by atoms with E-state index in [2.05, 4.69) is 83.4 Å². The molecule has 0 aliphatic heterocycles. The third kappa shape index (κ3) is 4.50. The minimum absolute atomic E-state index is 0.608. The van der Waals surface area contributed by atoms with Crippen molar-refractivity contribution < 1.29 is 4.42 Å². The van der Waals surface area contributed by atoms with Crippen LogP contribution in [-0.4, -0.2) is 24.5 Å². The summed E-state index contributed by atoms with van der Waals surface area (Å²) in [6, 6.07) is 55.6. The summed E-state index contributed by atoms with van der Waals surface area (Å²) in [6.45, 7) is 0. The third-order valence-corrected chi connectivity index (χ3v) is 9.25. The Morgan fingerprint density at radius 1 is 0.420 bits per heavy atom. The summed E-state index contributed by atoms with van der Waals surface area (Å²) < 4.78 is 8.89. The van der Waals surface area contributed by atoms with Gasteiger partial charge in [-0.1, -0.05) is 133 Å². The van der Waals surface area contributed by atoms with E-state index < -0.39 is 0 Å². The van der Waals surface area contributed by atoms with Crippen LogP contribution >= 0.6 is 0 Å². The van der Waals surface area contributed by atoms with Crippen molar-refractivity contribution in [2.24, 2.45) is 0 Å². The minimum Gasteiger partial charge on any atom is -0.454 e. The Balaban J connectivity index is 1.21. The number of hydrogen-bond donors (Lipinski definition) is 0. The highest BCUT2D eigenvalue weighted by atomic mass is 16.3. The molecule has 10 aromatic rings. The summed E-state index contributed by atoms with van der Waals surface area (Å²) in [7, 11) is 0. The number of furan rings is 1. The summed E-state index contributed by atoms with van der Waals surface area (Å²) in [4.78, 5) is 20.2. The van der Waals surface area contributed by atoms with E-state index in [1.807, 2.05) is 84.9 Å². The minimum atomic E-state index is 0.608. The van der Waals surface area contributed by atoms with Gasteiger partial charge in [-0.25, -0.2) is 19.9 Å². The Bertz CT molecular complexity index is 2780. The highest BCUT2D eigenvalue weighted by Gasteiger charge is 2.24. The molecule has 4 heterocycles. The van der Waals surface area contributed by atoms with Crippen LogP contribution in [0.1, 0.15) is 0 Å². The molecule has 0 saturated heterocycles. The van der Waals surface area contributed by atoms with Crippen molar-refractivity contribution in [3.63, 3.8) is 0 Å². The standard InChI is InChI=1S/C44H27N5O/c1-4-14-29(15-5-1)42-46-43(30-16-6-2-7-17-30)48-44(47-42)31-26-24-28(25-27-31)38-40-37(41-39(45-38)34-21-11-13-23-36(34)50-41)33-20-10-12-22-35(33)49(40)32-18-8-3-9-19-32/h1-27H. The number of benzene rings is 6. The van der Waals surface area contributed by atoms with Crippen molar-refractivity contribution in [2.45, 2.75) is 0 Å². The molecule has 0 aliphatic rings. The van der Waals surface area contributed by atoms with Gasteiger partial charge in [-0.3, -0.25) is 0 Å². The van der Waals surface area contributed by atoms with Gasteiger partial charge in [-0.05, 0) is 30.3 Å². The summed E-state index contributed by atoms with van der Waals surface area (Å²) in [6.07, 6.45) is 0. The highest BCUT2D eigenvalue weighted by Crippen LogP contribution is 2.43. The number of nitrogens with zero attached hydrogens (tertiary/aromatic N) is 5. The Labute approximate surface area is 287 Å². The summed E-state index contributed by atoms with van der Waals surface area (Å²) in [5.74, 6) is 1.87. The summed E-state index contributed by atoms with van der Waals surface area (Å²) >= 11 is 0. The second-order valence-corrected chi connectivity index (χ2v) is 12.3. The van der Waals surface area contributed by atoms with Crippen LogP contribution in [0.5, 0.6) is 0 Å². The lowest BCUT2D eigenvalue weighted by Crippen LogP contribution is -2.00. The van der Waals surface area contributed by atoms with Crippen LogP contribution in [-0.2, 0) is 0 Å². The van der Waals surface area contributed by atoms with Gasteiger partial charge in [-0.15, -0.1) is 0 Å². The Hall–Kier alpha value is -6.92. The quantitative estimate of drug-likeness (QED) is 0.187. The second kappa shape index (κ2) is 11.4. The molecule has 6 heteroatoms. The van der Waals surface area contributed by atoms with E-state index in [1.165, 1.54) is 0 Å². The molecule has 0 fully saturated rings. The van der Waals surface area contributed by atoms with Crippen molar-refractivity contribution in [1.29, 1.82) is 0 Å². The molecule has 6 nitrogen and oxygen atoms in total. The summed E-state index contributed by atoms with van der Waals surface area (Å²) in [5.41, 5.74) is 10.2. The van der Waals surface area contributed by atoms with E-state index in [1.54, 1.807) is 0 Å². The number of aromatic nitrogens is 5. The van der Waals surface area contributed by atoms with Crippen molar-refractivity contribution in [3.8, 4) is 51.1 Å². The molecule has 0 radical (unpaired) electrons. The zero-order valence-corrected chi connectivity index (χ0v) is 26.7. The highest BCUT2D eigenvalue weighted by molar-refractivity contribution is 6.25. The Kier molecular flexibility index (Phi) is 6.39. The zero-order valence-electron chi connectivity index (χ0n) is 26.7. The fourth-order valence-corrected chi connectivity index (χ4v) is 6.93. The van der Waals surface area contributed by atoms with Crippen LogP contribution in [0.15, 0.2) is 168 Å². The Morgan fingerprint density at radius 3 is 1.56 bits per heavy atom. The van der Waals surface area contributed by atoms with Gasteiger partial charge in [0, 0.05) is 38.7 Å². The number of para-hydroxylation sites is 3. The topological polar surface area (TPSA) is 69.6 Å². The average molecular weight is 642 g/mol. The molecule has 0 spiro atoms. The molecular formula is C44H27N5O. The molecule has 0 N–H and O–H groups in total. The van der Waals surface area contributed by atoms with Gasteiger partial charge in [0.1, 0.15) is 11.1 Å². The van der Waals surface area contributed by atoms with Gasteiger partial charge in [0.05, 0.1) is 22.1 Å². The number of rotatable bonds is 5. The smallest absolute Gasteiger partial charge is 0.164 e. The number of pyridine rings is 1. The second-order valence-electron chi connectivity index (χ2n) is 12.3. The number of hydrogen-bond acceptors (Lipinski definition) is 5. The molecule has 4 aromatic heterocycles. The van der Waals surface area contributed by atoms with Crippen LogP contribution < -0.4 is 0 Å². The monoisotopic (exact) mass is 641 g/mol. The first-order chi connectivity index (χ1) is 24.8. The molecule has 10 rings (SSSR count). The zero-order chi connectivity index (χ0) is 33.0. The first-order valence-electron chi connectivity index (χ1n) is 16.6. The van der Waals surface area contributed by atoms with Crippen molar-refractivity contribution in [1.82, 2.24) is 24.5 Å². The molecule has 6 aromatic carbocycles. The lowest BCUT2D eigenvalue weighted by molar-refractivity contribution is 0.672. The van der Waals surface area contributed by atoms with Gasteiger partial charge in [0.25, 0.3) is 0 Å². The first kappa shape index (κ1) is 28.1. The molecule has 234 valence electrons. The van der Waals surface area contributed by atoms with Gasteiger partial charge < -0.3 is 8.98 Å². The van der Waals surface area contributed by atoms with Crippen LogP contribution in [0.4, 0.5) is 0 Å². The third-order valence-electron chi connectivity index (χ3n) is 9.25. The first-order valence-corrected chi connectivity index (χ1v) is 16.6. The SMILES string of the molecule is c1ccc(-c2nc(-c3ccccc3)nc(-c3ccc(-c4nc5c6ccccc6oc5c5c6ccccc6n(-c6ccccc6)c45)cc3)n2)cc1. The molecule has 0 bridgehead atoms. The van der Waals surface area contributed by atoms with Crippen LogP contribution in [0.3, 0.4) is 0 Å². The lowest BCUT2D eigenvalue weighted by Gasteiger charge is -2.12. The van der Waals surface area contributed by atoms with Gasteiger partial charge >= 0.3 is 0 Å². The molecule has 0 atom stereocenters. The van der Waals surface area contributed by atoms with Gasteiger partial charge in [0.2, 0.25) is 0 Å². The van der Waals surface area contributed by atoms with E-state index in [4.69, 9.17) is 24.4 Å².